The number of hydrogen-bond donors (Lipinski definition) is 1. The number of benzene rings is 1. The fourth-order valence-electron chi connectivity index (χ4n) is 1.45. The summed E-state index contributed by atoms with van der Waals surface area (Å²) in [7, 11) is -1.46. The van der Waals surface area contributed by atoms with Crippen LogP contribution >= 0.6 is 0 Å². The normalized spacial score (nSPS) is 12.4. The lowest BCUT2D eigenvalue weighted by Gasteiger charge is -2.23. The fourth-order valence-corrected chi connectivity index (χ4v) is 2.11. The van der Waals surface area contributed by atoms with Crippen molar-refractivity contribution in [3.05, 3.63) is 24.3 Å². The molecule has 102 valence electrons. The summed E-state index contributed by atoms with van der Waals surface area (Å²) in [6.07, 6.45) is 2.05. The van der Waals surface area contributed by atoms with Gasteiger partial charge in [-0.05, 0) is 38.5 Å². The summed E-state index contributed by atoms with van der Waals surface area (Å²) in [6, 6.07) is 6.84. The SMILES string of the molecule is COC(C)(C)CCNc1cccc(S(C)(=O)=O)c1. The first-order chi connectivity index (χ1) is 8.24. The van der Waals surface area contributed by atoms with E-state index in [1.54, 1.807) is 25.3 Å². The van der Waals surface area contributed by atoms with Gasteiger partial charge < -0.3 is 10.1 Å². The number of nitrogens with one attached hydrogen (secondary N) is 1. The molecule has 1 aromatic rings. The van der Waals surface area contributed by atoms with Crippen LogP contribution in [0.5, 0.6) is 0 Å². The Morgan fingerprint density at radius 2 is 2.00 bits per heavy atom. The van der Waals surface area contributed by atoms with Crippen molar-refractivity contribution in [2.75, 3.05) is 25.2 Å². The zero-order chi connectivity index (χ0) is 13.8. The third-order valence-corrected chi connectivity index (χ3v) is 3.98. The van der Waals surface area contributed by atoms with Crippen molar-refractivity contribution in [2.45, 2.75) is 30.8 Å². The fraction of sp³-hybridized carbons (Fsp3) is 0.538. The summed E-state index contributed by atoms with van der Waals surface area (Å²) in [4.78, 5) is 0.332. The van der Waals surface area contributed by atoms with Gasteiger partial charge in [0.2, 0.25) is 0 Å². The number of hydrogen-bond acceptors (Lipinski definition) is 4. The minimum absolute atomic E-state index is 0.179. The van der Waals surface area contributed by atoms with Gasteiger partial charge in [-0.3, -0.25) is 0 Å². The third kappa shape index (κ3) is 4.66. The van der Waals surface area contributed by atoms with Crippen LogP contribution < -0.4 is 5.32 Å². The summed E-state index contributed by atoms with van der Waals surface area (Å²) in [6.45, 7) is 4.76. The summed E-state index contributed by atoms with van der Waals surface area (Å²) < 4.78 is 28.2. The molecule has 0 amide bonds. The Hall–Kier alpha value is -1.07. The molecule has 0 radical (unpaired) electrons. The van der Waals surface area contributed by atoms with Crippen molar-refractivity contribution < 1.29 is 13.2 Å². The number of rotatable bonds is 6. The maximum Gasteiger partial charge on any atom is 0.175 e. The highest BCUT2D eigenvalue weighted by molar-refractivity contribution is 7.90. The molecule has 0 spiro atoms. The largest absolute Gasteiger partial charge is 0.385 e. The highest BCUT2D eigenvalue weighted by Crippen LogP contribution is 2.17. The van der Waals surface area contributed by atoms with Crippen LogP contribution in [0.25, 0.3) is 0 Å². The Labute approximate surface area is 109 Å². The van der Waals surface area contributed by atoms with E-state index in [0.29, 0.717) is 4.90 Å². The second-order valence-electron chi connectivity index (χ2n) is 4.94. The molecule has 4 nitrogen and oxygen atoms in total. The van der Waals surface area contributed by atoms with E-state index < -0.39 is 9.84 Å². The van der Waals surface area contributed by atoms with Crippen LogP contribution in [0, 0.1) is 0 Å². The first-order valence-electron chi connectivity index (χ1n) is 5.84. The van der Waals surface area contributed by atoms with Gasteiger partial charge in [0, 0.05) is 25.6 Å². The molecule has 0 saturated carbocycles. The van der Waals surface area contributed by atoms with Gasteiger partial charge >= 0.3 is 0 Å². The van der Waals surface area contributed by atoms with Gasteiger partial charge in [-0.2, -0.15) is 0 Å². The van der Waals surface area contributed by atoms with Crippen LogP contribution in [0.4, 0.5) is 5.69 Å². The molecular formula is C13H21NO3S. The molecule has 0 aliphatic rings. The van der Waals surface area contributed by atoms with Crippen LogP contribution in [-0.4, -0.2) is 33.9 Å². The Kier molecular flexibility index (Phi) is 4.76. The van der Waals surface area contributed by atoms with Crippen molar-refractivity contribution in [1.29, 1.82) is 0 Å². The zero-order valence-corrected chi connectivity index (χ0v) is 12.2. The predicted molar refractivity (Wildman–Crippen MR) is 73.7 cm³/mol. The molecule has 0 fully saturated rings. The smallest absolute Gasteiger partial charge is 0.175 e. The monoisotopic (exact) mass is 271 g/mol. The molecule has 0 bridgehead atoms. The van der Waals surface area contributed by atoms with E-state index in [1.807, 2.05) is 19.9 Å². The highest BCUT2D eigenvalue weighted by Gasteiger charge is 2.15. The Morgan fingerprint density at radius 3 is 2.56 bits per heavy atom. The van der Waals surface area contributed by atoms with Crippen molar-refractivity contribution in [3.63, 3.8) is 0 Å². The van der Waals surface area contributed by atoms with Crippen LogP contribution in [-0.2, 0) is 14.6 Å². The Balaban J connectivity index is 2.64. The van der Waals surface area contributed by atoms with Crippen LogP contribution in [0.15, 0.2) is 29.2 Å². The summed E-state index contributed by atoms with van der Waals surface area (Å²) in [5, 5.41) is 3.20. The van der Waals surface area contributed by atoms with Crippen molar-refractivity contribution in [1.82, 2.24) is 0 Å². The second-order valence-corrected chi connectivity index (χ2v) is 6.96. The van der Waals surface area contributed by atoms with Gasteiger partial charge in [0.1, 0.15) is 0 Å². The Bertz CT molecular complexity index is 495. The van der Waals surface area contributed by atoms with Gasteiger partial charge in [0.15, 0.2) is 9.84 Å². The molecular weight excluding hydrogens is 250 g/mol. The van der Waals surface area contributed by atoms with Gasteiger partial charge in [0.05, 0.1) is 10.5 Å². The molecule has 0 aliphatic heterocycles. The number of anilines is 1. The van der Waals surface area contributed by atoms with E-state index in [1.165, 1.54) is 6.26 Å². The van der Waals surface area contributed by atoms with Gasteiger partial charge in [-0.15, -0.1) is 0 Å². The first kappa shape index (κ1) is 15.0. The maximum atomic E-state index is 11.4. The average Bonchev–Trinajstić information content (AvgIpc) is 2.28. The maximum absolute atomic E-state index is 11.4. The number of sulfone groups is 1. The zero-order valence-electron chi connectivity index (χ0n) is 11.4. The number of ether oxygens (including phenoxy) is 1. The van der Waals surface area contributed by atoms with Gasteiger partial charge in [0.25, 0.3) is 0 Å². The molecule has 18 heavy (non-hydrogen) atoms. The van der Waals surface area contributed by atoms with E-state index in [2.05, 4.69) is 5.32 Å². The minimum Gasteiger partial charge on any atom is -0.385 e. The number of methoxy groups -OCH3 is 1. The van der Waals surface area contributed by atoms with E-state index in [9.17, 15) is 8.42 Å². The molecule has 0 atom stereocenters. The molecule has 5 heteroatoms. The van der Waals surface area contributed by atoms with Crippen molar-refractivity contribution in [2.24, 2.45) is 0 Å². The standard InChI is InChI=1S/C13H21NO3S/c1-13(2,17-3)8-9-14-11-6-5-7-12(10-11)18(4,15)16/h5-7,10,14H,8-9H2,1-4H3. The lowest BCUT2D eigenvalue weighted by atomic mass is 10.1. The highest BCUT2D eigenvalue weighted by atomic mass is 32.2. The molecule has 0 saturated heterocycles. The lowest BCUT2D eigenvalue weighted by Crippen LogP contribution is -2.25. The average molecular weight is 271 g/mol. The van der Waals surface area contributed by atoms with Crippen molar-refractivity contribution in [3.8, 4) is 0 Å². The van der Waals surface area contributed by atoms with E-state index >= 15 is 0 Å². The van der Waals surface area contributed by atoms with Gasteiger partial charge in [-0.1, -0.05) is 6.07 Å². The molecule has 0 unspecified atom stereocenters. The summed E-state index contributed by atoms with van der Waals surface area (Å²) >= 11 is 0. The van der Waals surface area contributed by atoms with Crippen LogP contribution in [0.3, 0.4) is 0 Å². The van der Waals surface area contributed by atoms with E-state index in [-0.39, 0.29) is 5.60 Å². The van der Waals surface area contributed by atoms with Crippen LogP contribution in [0.1, 0.15) is 20.3 Å². The second kappa shape index (κ2) is 5.71. The first-order valence-corrected chi connectivity index (χ1v) is 7.73. The van der Waals surface area contributed by atoms with Crippen molar-refractivity contribution >= 4 is 15.5 Å². The summed E-state index contributed by atoms with van der Waals surface area (Å²) in [5.74, 6) is 0. The lowest BCUT2D eigenvalue weighted by molar-refractivity contribution is 0.0185. The molecule has 0 heterocycles. The molecule has 1 N–H and O–H groups in total. The van der Waals surface area contributed by atoms with Crippen LogP contribution in [0.2, 0.25) is 0 Å². The third-order valence-electron chi connectivity index (χ3n) is 2.87. The topological polar surface area (TPSA) is 55.4 Å². The Morgan fingerprint density at radius 1 is 1.33 bits per heavy atom. The quantitative estimate of drug-likeness (QED) is 0.862. The van der Waals surface area contributed by atoms with E-state index in [4.69, 9.17) is 4.74 Å². The molecule has 0 aromatic heterocycles. The summed E-state index contributed by atoms with van der Waals surface area (Å²) in [5.41, 5.74) is 0.631. The minimum atomic E-state index is -3.15. The predicted octanol–water partition coefficient (Wildman–Crippen LogP) is 2.32. The van der Waals surface area contributed by atoms with E-state index in [0.717, 1.165) is 18.7 Å². The molecule has 0 aliphatic carbocycles. The van der Waals surface area contributed by atoms with Gasteiger partial charge in [-0.25, -0.2) is 8.42 Å². The molecule has 1 aromatic carbocycles. The molecule has 1 rings (SSSR count).